The number of nitrogens with zero attached hydrogens (tertiary/aromatic N) is 1. The summed E-state index contributed by atoms with van der Waals surface area (Å²) >= 11 is 6.36. The third kappa shape index (κ3) is 3.11. The van der Waals surface area contributed by atoms with E-state index < -0.39 is 18.2 Å². The van der Waals surface area contributed by atoms with E-state index in [0.717, 1.165) is 33.3 Å². The molecule has 0 bridgehead atoms. The Hall–Kier alpha value is -3.08. The smallest absolute Gasteiger partial charge is 0.306 e. The first kappa shape index (κ1) is 18.0. The molecule has 1 aromatic heterocycles. The van der Waals surface area contributed by atoms with E-state index in [-0.39, 0.29) is 6.42 Å². The second-order valence-electron chi connectivity index (χ2n) is 7.18. The van der Waals surface area contributed by atoms with E-state index in [9.17, 15) is 9.90 Å². The summed E-state index contributed by atoms with van der Waals surface area (Å²) in [5, 5.41) is 12.3. The van der Waals surface area contributed by atoms with Crippen molar-refractivity contribution in [1.29, 1.82) is 0 Å². The zero-order chi connectivity index (χ0) is 20.0. The summed E-state index contributed by atoms with van der Waals surface area (Å²) in [6.07, 6.45) is 0.787. The number of hydrogen-bond acceptors (Lipinski definition) is 2. The lowest BCUT2D eigenvalue weighted by molar-refractivity contribution is -0.141. The Labute approximate surface area is 172 Å². The summed E-state index contributed by atoms with van der Waals surface area (Å²) in [5.41, 5.74) is 3.67. The molecule has 2 atom stereocenters. The molecule has 0 spiro atoms. The molecule has 1 aliphatic rings. The maximum absolute atomic E-state index is 11.6. The average molecular weight is 404 g/mol. The van der Waals surface area contributed by atoms with Crippen LogP contribution in [0.5, 0.6) is 0 Å². The van der Waals surface area contributed by atoms with Crippen molar-refractivity contribution in [2.75, 3.05) is 0 Å². The minimum absolute atomic E-state index is 0.118. The van der Waals surface area contributed by atoms with Crippen LogP contribution in [0.1, 0.15) is 35.4 Å². The molecular formula is C24H18ClNO3. The van der Waals surface area contributed by atoms with Crippen molar-refractivity contribution in [2.45, 2.75) is 18.6 Å². The van der Waals surface area contributed by atoms with Crippen LogP contribution < -0.4 is 0 Å². The zero-order valence-electron chi connectivity index (χ0n) is 15.5. The predicted octanol–water partition coefficient (Wildman–Crippen LogP) is 5.92. The minimum Gasteiger partial charge on any atom is -0.481 e. The number of carbonyl (C=O) groups is 1. The fraction of sp³-hybridized carbons (Fsp3) is 0.125. The Balaban J connectivity index is 1.77. The number of fused-ring (bicyclic) bond motifs is 4. The summed E-state index contributed by atoms with van der Waals surface area (Å²) in [4.78, 5) is 11.6. The van der Waals surface area contributed by atoms with Crippen molar-refractivity contribution in [2.24, 2.45) is 0 Å². The SMILES string of the molecule is O=C(O)C[C@H]1O[C@H](c2cccc3ccccc23)c2cc(Cl)ccc2-n2cccc21. The van der Waals surface area contributed by atoms with Gasteiger partial charge in [-0.05, 0) is 46.7 Å². The Morgan fingerprint density at radius 1 is 1.00 bits per heavy atom. The largest absolute Gasteiger partial charge is 0.481 e. The Morgan fingerprint density at radius 2 is 1.83 bits per heavy atom. The number of benzene rings is 3. The van der Waals surface area contributed by atoms with E-state index in [4.69, 9.17) is 16.3 Å². The number of carboxylic acid groups (broad SMARTS) is 1. The van der Waals surface area contributed by atoms with E-state index in [1.54, 1.807) is 0 Å². The van der Waals surface area contributed by atoms with Crippen LogP contribution in [0.3, 0.4) is 0 Å². The first-order chi connectivity index (χ1) is 14.1. The van der Waals surface area contributed by atoms with Gasteiger partial charge in [0.05, 0.1) is 17.8 Å². The van der Waals surface area contributed by atoms with Gasteiger partial charge in [-0.1, -0.05) is 54.1 Å². The van der Waals surface area contributed by atoms with E-state index >= 15 is 0 Å². The van der Waals surface area contributed by atoms with E-state index in [0.29, 0.717) is 5.02 Å². The molecule has 0 saturated heterocycles. The lowest BCUT2D eigenvalue weighted by Crippen LogP contribution is -2.14. The molecule has 144 valence electrons. The number of halogens is 1. The topological polar surface area (TPSA) is 51.5 Å². The molecular weight excluding hydrogens is 386 g/mol. The Bertz CT molecular complexity index is 1220. The molecule has 29 heavy (non-hydrogen) atoms. The molecule has 0 unspecified atom stereocenters. The molecule has 5 heteroatoms. The van der Waals surface area contributed by atoms with E-state index in [2.05, 4.69) is 18.2 Å². The van der Waals surface area contributed by atoms with Crippen molar-refractivity contribution >= 4 is 28.3 Å². The van der Waals surface area contributed by atoms with Crippen LogP contribution in [-0.4, -0.2) is 15.6 Å². The second kappa shape index (κ2) is 7.07. The van der Waals surface area contributed by atoms with Crippen molar-refractivity contribution in [1.82, 2.24) is 4.57 Å². The fourth-order valence-corrected chi connectivity index (χ4v) is 4.35. The van der Waals surface area contributed by atoms with Gasteiger partial charge in [0, 0.05) is 16.8 Å². The molecule has 2 heterocycles. The van der Waals surface area contributed by atoms with Crippen molar-refractivity contribution < 1.29 is 14.6 Å². The quantitative estimate of drug-likeness (QED) is 0.462. The van der Waals surface area contributed by atoms with Gasteiger partial charge in [0.1, 0.15) is 12.2 Å². The zero-order valence-corrected chi connectivity index (χ0v) is 16.2. The number of aliphatic carboxylic acids is 1. The van der Waals surface area contributed by atoms with Crippen molar-refractivity contribution in [3.05, 3.63) is 101 Å². The summed E-state index contributed by atoms with van der Waals surface area (Å²) in [6, 6.07) is 23.8. The average Bonchev–Trinajstić information content (AvgIpc) is 3.16. The fourth-order valence-electron chi connectivity index (χ4n) is 4.17. The highest BCUT2D eigenvalue weighted by Crippen LogP contribution is 2.43. The van der Waals surface area contributed by atoms with Crippen LogP contribution in [0.25, 0.3) is 16.5 Å². The van der Waals surface area contributed by atoms with Gasteiger partial charge in [0.25, 0.3) is 0 Å². The summed E-state index contributed by atoms with van der Waals surface area (Å²) < 4.78 is 8.53. The Morgan fingerprint density at radius 3 is 2.69 bits per heavy atom. The number of hydrogen-bond donors (Lipinski definition) is 1. The molecule has 0 aliphatic carbocycles. The van der Waals surface area contributed by atoms with Crippen LogP contribution in [0.15, 0.2) is 79.0 Å². The van der Waals surface area contributed by atoms with Gasteiger partial charge < -0.3 is 14.4 Å². The lowest BCUT2D eigenvalue weighted by Gasteiger charge is -2.24. The summed E-state index contributed by atoms with van der Waals surface area (Å²) in [5.74, 6) is -0.900. The van der Waals surface area contributed by atoms with Crippen LogP contribution >= 0.6 is 11.6 Å². The predicted molar refractivity (Wildman–Crippen MR) is 113 cm³/mol. The minimum atomic E-state index is -0.900. The number of aromatic nitrogens is 1. The highest BCUT2D eigenvalue weighted by molar-refractivity contribution is 6.30. The van der Waals surface area contributed by atoms with Gasteiger partial charge in [-0.15, -0.1) is 0 Å². The highest BCUT2D eigenvalue weighted by Gasteiger charge is 2.32. The molecule has 3 aromatic carbocycles. The van der Waals surface area contributed by atoms with Crippen molar-refractivity contribution in [3.8, 4) is 5.69 Å². The molecule has 0 fully saturated rings. The number of carboxylic acids is 1. The number of rotatable bonds is 3. The third-order valence-electron chi connectivity index (χ3n) is 5.41. The highest BCUT2D eigenvalue weighted by atomic mass is 35.5. The standard InChI is InChI=1S/C24H18ClNO3/c25-16-10-11-20-19(13-16)24(18-8-3-6-15-5-1-2-7-17(15)18)29-22(14-23(27)28)21-9-4-12-26(20)21/h1-13,22,24H,14H2,(H,27,28)/t22-,24-/m1/s1. The van der Waals surface area contributed by atoms with Gasteiger partial charge in [-0.25, -0.2) is 0 Å². The first-order valence-corrected chi connectivity index (χ1v) is 9.81. The van der Waals surface area contributed by atoms with E-state index in [1.165, 1.54) is 0 Å². The maximum atomic E-state index is 11.6. The van der Waals surface area contributed by atoms with Gasteiger partial charge in [0.15, 0.2) is 0 Å². The molecule has 1 aliphatic heterocycles. The van der Waals surface area contributed by atoms with Crippen LogP contribution in [0.2, 0.25) is 5.02 Å². The van der Waals surface area contributed by atoms with Gasteiger partial charge >= 0.3 is 5.97 Å². The summed E-state index contributed by atoms with van der Waals surface area (Å²) in [6.45, 7) is 0. The normalized spacial score (nSPS) is 18.1. The van der Waals surface area contributed by atoms with E-state index in [1.807, 2.05) is 65.4 Å². The van der Waals surface area contributed by atoms with Crippen LogP contribution in [0.4, 0.5) is 0 Å². The van der Waals surface area contributed by atoms with Crippen LogP contribution in [-0.2, 0) is 9.53 Å². The lowest BCUT2D eigenvalue weighted by atomic mass is 9.94. The van der Waals surface area contributed by atoms with Crippen LogP contribution in [0, 0.1) is 0 Å². The number of ether oxygens (including phenoxy) is 1. The van der Waals surface area contributed by atoms with Gasteiger partial charge in [-0.2, -0.15) is 0 Å². The molecule has 5 rings (SSSR count). The molecule has 4 aromatic rings. The maximum Gasteiger partial charge on any atom is 0.306 e. The Kier molecular flexibility index (Phi) is 4.38. The van der Waals surface area contributed by atoms with Gasteiger partial charge in [-0.3, -0.25) is 4.79 Å². The van der Waals surface area contributed by atoms with Gasteiger partial charge in [0.2, 0.25) is 0 Å². The monoisotopic (exact) mass is 403 g/mol. The molecule has 0 amide bonds. The molecule has 4 nitrogen and oxygen atoms in total. The third-order valence-corrected chi connectivity index (χ3v) is 5.64. The molecule has 0 radical (unpaired) electrons. The molecule has 0 saturated carbocycles. The second-order valence-corrected chi connectivity index (χ2v) is 7.61. The van der Waals surface area contributed by atoms with Crippen molar-refractivity contribution in [3.63, 3.8) is 0 Å². The molecule has 1 N–H and O–H groups in total. The first-order valence-electron chi connectivity index (χ1n) is 9.44. The summed E-state index contributed by atoms with van der Waals surface area (Å²) in [7, 11) is 0.